The van der Waals surface area contributed by atoms with E-state index >= 15 is 0 Å². The zero-order valence-corrected chi connectivity index (χ0v) is 19.3. The Morgan fingerprint density at radius 1 is 0.912 bits per heavy atom. The predicted octanol–water partition coefficient (Wildman–Crippen LogP) is 5.60. The number of aromatic nitrogens is 6. The molecule has 0 atom stereocenters. The smallest absolute Gasteiger partial charge is 0.258 e. The molecule has 6 rings (SSSR count). The highest BCUT2D eigenvalue weighted by atomic mass is 35.5. The van der Waals surface area contributed by atoms with Crippen LogP contribution in [0, 0.1) is 0 Å². The van der Waals surface area contributed by atoms with Crippen LogP contribution >= 0.6 is 23.4 Å². The second-order valence-electron chi connectivity index (χ2n) is 7.68. The topological polar surface area (TPSA) is 92.3 Å². The molecule has 3 heterocycles. The average molecular weight is 485 g/mol. The Bertz CT molecular complexity index is 1700. The minimum absolute atomic E-state index is 0.153. The number of halogens is 1. The molecule has 3 aromatic heterocycles. The Balaban J connectivity index is 1.43. The van der Waals surface area contributed by atoms with Crippen molar-refractivity contribution in [1.29, 1.82) is 0 Å². The first kappa shape index (κ1) is 20.7. The maximum atomic E-state index is 12.5. The highest BCUT2D eigenvalue weighted by Gasteiger charge is 2.19. The van der Waals surface area contributed by atoms with Crippen LogP contribution in [0.3, 0.4) is 0 Å². The van der Waals surface area contributed by atoms with Crippen molar-refractivity contribution in [3.8, 4) is 17.1 Å². The molecule has 0 radical (unpaired) electrons. The Kier molecular flexibility index (Phi) is 5.16. The van der Waals surface area contributed by atoms with E-state index in [0.29, 0.717) is 38.5 Å². The van der Waals surface area contributed by atoms with Gasteiger partial charge in [0, 0.05) is 33.4 Å². The zero-order chi connectivity index (χ0) is 23.1. The van der Waals surface area contributed by atoms with Crippen molar-refractivity contribution in [3.63, 3.8) is 0 Å². The monoisotopic (exact) mass is 484 g/mol. The predicted molar refractivity (Wildman–Crippen MR) is 136 cm³/mol. The molecule has 2 N–H and O–H groups in total. The fraction of sp³-hybridized carbons (Fsp3) is 0.0400. The minimum atomic E-state index is -0.153. The van der Waals surface area contributed by atoms with E-state index in [-0.39, 0.29) is 5.56 Å². The third-order valence-electron chi connectivity index (χ3n) is 5.55. The molecule has 0 aliphatic rings. The Morgan fingerprint density at radius 3 is 2.53 bits per heavy atom. The molecule has 0 saturated heterocycles. The highest BCUT2D eigenvalue weighted by molar-refractivity contribution is 7.98. The number of hydrogen-bond acceptors (Lipinski definition) is 5. The second-order valence-corrected chi connectivity index (χ2v) is 9.06. The van der Waals surface area contributed by atoms with Crippen LogP contribution in [-0.2, 0) is 5.75 Å². The summed E-state index contributed by atoms with van der Waals surface area (Å²) in [6.45, 7) is 0. The van der Waals surface area contributed by atoms with E-state index in [9.17, 15) is 4.79 Å². The summed E-state index contributed by atoms with van der Waals surface area (Å²) >= 11 is 7.59. The van der Waals surface area contributed by atoms with Crippen molar-refractivity contribution in [2.75, 3.05) is 0 Å². The highest BCUT2D eigenvalue weighted by Crippen LogP contribution is 2.33. The van der Waals surface area contributed by atoms with Gasteiger partial charge in [0.15, 0.2) is 11.0 Å². The molecule has 0 amide bonds. The van der Waals surface area contributed by atoms with Crippen molar-refractivity contribution in [1.82, 2.24) is 29.7 Å². The first-order valence-electron chi connectivity index (χ1n) is 10.6. The molecule has 0 unspecified atom stereocenters. The van der Waals surface area contributed by atoms with Gasteiger partial charge in [0.05, 0.1) is 16.7 Å². The molecule has 0 saturated carbocycles. The number of H-pyrrole nitrogens is 2. The Labute approximate surface area is 202 Å². The summed E-state index contributed by atoms with van der Waals surface area (Å²) in [6, 6.07) is 22.9. The number of rotatable bonds is 5. The Morgan fingerprint density at radius 2 is 1.68 bits per heavy atom. The molecule has 34 heavy (non-hydrogen) atoms. The normalized spacial score (nSPS) is 11.4. The largest absolute Gasteiger partial charge is 0.360 e. The number of benzene rings is 3. The molecule has 7 nitrogen and oxygen atoms in total. The van der Waals surface area contributed by atoms with Gasteiger partial charge in [-0.1, -0.05) is 53.7 Å². The average Bonchev–Trinajstić information content (AvgIpc) is 3.47. The van der Waals surface area contributed by atoms with E-state index in [1.807, 2.05) is 71.4 Å². The number of hydrogen-bond donors (Lipinski definition) is 2. The summed E-state index contributed by atoms with van der Waals surface area (Å²) in [5.41, 5.74) is 3.37. The molecular formula is C25H17ClN6OS. The minimum Gasteiger partial charge on any atom is -0.360 e. The van der Waals surface area contributed by atoms with Crippen LogP contribution in [0.5, 0.6) is 0 Å². The lowest BCUT2D eigenvalue weighted by Gasteiger charge is -2.10. The zero-order valence-electron chi connectivity index (χ0n) is 17.7. The summed E-state index contributed by atoms with van der Waals surface area (Å²) in [4.78, 5) is 23.3. The van der Waals surface area contributed by atoms with Crippen LogP contribution in [0.4, 0.5) is 0 Å². The van der Waals surface area contributed by atoms with E-state index in [2.05, 4.69) is 31.2 Å². The van der Waals surface area contributed by atoms with Gasteiger partial charge in [-0.05, 0) is 42.5 Å². The van der Waals surface area contributed by atoms with Gasteiger partial charge in [0.2, 0.25) is 0 Å². The van der Waals surface area contributed by atoms with Crippen molar-refractivity contribution in [3.05, 3.63) is 100 Å². The van der Waals surface area contributed by atoms with Crippen molar-refractivity contribution < 1.29 is 0 Å². The van der Waals surface area contributed by atoms with Crippen LogP contribution in [0.2, 0.25) is 5.02 Å². The molecule has 0 aliphatic carbocycles. The van der Waals surface area contributed by atoms with E-state index in [4.69, 9.17) is 11.6 Å². The van der Waals surface area contributed by atoms with Crippen LogP contribution in [0.15, 0.2) is 88.9 Å². The number of fused-ring (bicyclic) bond motifs is 2. The molecule has 0 aliphatic heterocycles. The van der Waals surface area contributed by atoms with Crippen molar-refractivity contribution in [2.45, 2.75) is 10.9 Å². The third-order valence-corrected chi connectivity index (χ3v) is 6.74. The molecule has 0 spiro atoms. The van der Waals surface area contributed by atoms with Crippen LogP contribution in [0.1, 0.15) is 5.82 Å². The molecule has 0 fully saturated rings. The number of thioether (sulfide) groups is 1. The number of aromatic amines is 2. The van der Waals surface area contributed by atoms with Gasteiger partial charge < -0.3 is 9.97 Å². The van der Waals surface area contributed by atoms with Gasteiger partial charge >= 0.3 is 0 Å². The van der Waals surface area contributed by atoms with Gasteiger partial charge in [0.25, 0.3) is 5.56 Å². The molecule has 9 heteroatoms. The fourth-order valence-electron chi connectivity index (χ4n) is 3.95. The summed E-state index contributed by atoms with van der Waals surface area (Å²) in [5.74, 6) is 1.72. The number of para-hydroxylation sites is 2. The lowest BCUT2D eigenvalue weighted by atomic mass is 10.1. The maximum Gasteiger partial charge on any atom is 0.258 e. The summed E-state index contributed by atoms with van der Waals surface area (Å²) in [5, 5.41) is 12.0. The summed E-state index contributed by atoms with van der Waals surface area (Å²) < 4.78 is 2.00. The van der Waals surface area contributed by atoms with Gasteiger partial charge in [-0.25, -0.2) is 4.98 Å². The lowest BCUT2D eigenvalue weighted by molar-refractivity contribution is 0.883. The Hall–Kier alpha value is -3.88. The summed E-state index contributed by atoms with van der Waals surface area (Å²) in [6.07, 6.45) is 1.94. The lowest BCUT2D eigenvalue weighted by Crippen LogP contribution is -2.11. The third kappa shape index (κ3) is 3.67. The van der Waals surface area contributed by atoms with E-state index in [0.717, 1.165) is 22.2 Å². The maximum absolute atomic E-state index is 12.5. The first-order chi connectivity index (χ1) is 16.7. The van der Waals surface area contributed by atoms with E-state index in [1.54, 1.807) is 6.07 Å². The van der Waals surface area contributed by atoms with Gasteiger partial charge in [0.1, 0.15) is 5.82 Å². The fourth-order valence-corrected chi connectivity index (χ4v) is 4.90. The summed E-state index contributed by atoms with van der Waals surface area (Å²) in [7, 11) is 0. The van der Waals surface area contributed by atoms with Crippen LogP contribution < -0.4 is 5.56 Å². The van der Waals surface area contributed by atoms with Gasteiger partial charge in [-0.2, -0.15) is 0 Å². The molecule has 0 bridgehead atoms. The molecule has 3 aromatic carbocycles. The van der Waals surface area contributed by atoms with E-state index < -0.39 is 0 Å². The molecule has 166 valence electrons. The number of nitrogens with one attached hydrogen (secondary N) is 2. The SMILES string of the molecule is O=c1[nH]c(CSc2nnc(-c3c[nH]c4ccccc34)n2-c2ccc(Cl)cc2)nc2ccccc12. The van der Waals surface area contributed by atoms with Crippen LogP contribution in [0.25, 0.3) is 38.9 Å². The quantitative estimate of drug-likeness (QED) is 0.311. The van der Waals surface area contributed by atoms with Crippen molar-refractivity contribution >= 4 is 45.2 Å². The van der Waals surface area contributed by atoms with E-state index in [1.165, 1.54) is 11.8 Å². The van der Waals surface area contributed by atoms with Crippen LogP contribution in [-0.4, -0.2) is 29.7 Å². The first-order valence-corrected chi connectivity index (χ1v) is 11.9. The van der Waals surface area contributed by atoms with Gasteiger partial charge in [-0.3, -0.25) is 9.36 Å². The standard InChI is InChI=1S/C25H17ClN6OS/c26-15-9-11-16(12-10-15)32-23(19-13-27-20-7-3-1-5-17(19)20)30-31-25(32)34-14-22-28-21-8-4-2-6-18(21)24(33)29-22/h1-13,27H,14H2,(H,28,29,33). The molecular weight excluding hydrogens is 468 g/mol. The number of nitrogens with zero attached hydrogens (tertiary/aromatic N) is 4. The second kappa shape index (κ2) is 8.48. The van der Waals surface area contributed by atoms with Crippen molar-refractivity contribution in [2.24, 2.45) is 0 Å². The molecule has 6 aromatic rings. The van der Waals surface area contributed by atoms with Gasteiger partial charge in [-0.15, -0.1) is 10.2 Å².